The van der Waals surface area contributed by atoms with E-state index in [-0.39, 0.29) is 6.61 Å². The molecule has 2 aromatic rings. The average Bonchev–Trinajstić information content (AvgIpc) is 2.56. The molecule has 0 aliphatic carbocycles. The van der Waals surface area contributed by atoms with E-state index in [0.29, 0.717) is 11.5 Å². The minimum Gasteiger partial charge on any atom is -0.493 e. The summed E-state index contributed by atoms with van der Waals surface area (Å²) in [6.07, 6.45) is 1.67. The maximum atomic E-state index is 8.60. The minimum atomic E-state index is -0.0403. The molecule has 7 heteroatoms. The van der Waals surface area contributed by atoms with Gasteiger partial charge in [-0.25, -0.2) is 0 Å². The van der Waals surface area contributed by atoms with Crippen LogP contribution >= 0.6 is 31.9 Å². The van der Waals surface area contributed by atoms with Gasteiger partial charge in [0.2, 0.25) is 0 Å². The molecule has 0 saturated heterocycles. The molecule has 0 unspecified atom stereocenters. The van der Waals surface area contributed by atoms with Gasteiger partial charge in [-0.15, -0.1) is 0 Å². The van der Waals surface area contributed by atoms with Crippen LogP contribution in [0.2, 0.25) is 0 Å². The predicted molar refractivity (Wildman–Crippen MR) is 97.2 cm³/mol. The van der Waals surface area contributed by atoms with Crippen LogP contribution in [0, 0.1) is 11.3 Å². The number of hydrogen-bond acceptors (Lipinski definition) is 5. The first-order chi connectivity index (χ1) is 11.1. The fourth-order valence-corrected chi connectivity index (χ4v) is 2.42. The summed E-state index contributed by atoms with van der Waals surface area (Å²) >= 11 is 6.84. The van der Waals surface area contributed by atoms with Crippen molar-refractivity contribution in [3.05, 3.63) is 50.9 Å². The number of methoxy groups -OCH3 is 1. The lowest BCUT2D eigenvalue weighted by Gasteiger charge is -2.10. The third-order valence-corrected chi connectivity index (χ3v) is 4.03. The highest BCUT2D eigenvalue weighted by atomic mass is 79.9. The summed E-state index contributed by atoms with van der Waals surface area (Å²) in [7, 11) is 1.55. The van der Waals surface area contributed by atoms with Crippen molar-refractivity contribution in [2.45, 2.75) is 0 Å². The lowest BCUT2D eigenvalue weighted by atomic mass is 10.2. The van der Waals surface area contributed by atoms with Crippen molar-refractivity contribution >= 4 is 43.8 Å². The van der Waals surface area contributed by atoms with Crippen LogP contribution in [0.25, 0.3) is 0 Å². The Morgan fingerprint density at radius 3 is 2.61 bits per heavy atom. The van der Waals surface area contributed by atoms with E-state index < -0.39 is 0 Å². The summed E-state index contributed by atoms with van der Waals surface area (Å²) in [4.78, 5) is 0. The van der Waals surface area contributed by atoms with Crippen LogP contribution in [0.1, 0.15) is 5.56 Å². The zero-order valence-electron chi connectivity index (χ0n) is 12.2. The number of benzene rings is 2. The summed E-state index contributed by atoms with van der Waals surface area (Å²) in [6.45, 7) is -0.0403. The number of nitriles is 1. The Hall–Kier alpha value is -2.04. The molecule has 23 heavy (non-hydrogen) atoms. The molecule has 2 aromatic carbocycles. The van der Waals surface area contributed by atoms with Gasteiger partial charge >= 0.3 is 0 Å². The average molecular weight is 439 g/mol. The number of hydrazone groups is 1. The fourth-order valence-electron chi connectivity index (χ4n) is 1.73. The van der Waals surface area contributed by atoms with Crippen molar-refractivity contribution in [1.29, 1.82) is 5.26 Å². The third-order valence-electron chi connectivity index (χ3n) is 2.82. The molecule has 0 bridgehead atoms. The summed E-state index contributed by atoms with van der Waals surface area (Å²) in [5.74, 6) is 1.03. The highest BCUT2D eigenvalue weighted by molar-refractivity contribution is 9.10. The number of halogens is 2. The van der Waals surface area contributed by atoms with Gasteiger partial charge in [0.25, 0.3) is 0 Å². The normalized spacial score (nSPS) is 10.3. The largest absolute Gasteiger partial charge is 0.493 e. The van der Waals surface area contributed by atoms with Gasteiger partial charge in [-0.3, -0.25) is 5.43 Å². The van der Waals surface area contributed by atoms with Gasteiger partial charge in [-0.1, -0.05) is 15.9 Å². The van der Waals surface area contributed by atoms with Gasteiger partial charge in [-0.2, -0.15) is 10.4 Å². The predicted octanol–water partition coefficient (Wildman–Crippen LogP) is 4.57. The van der Waals surface area contributed by atoms with E-state index in [0.717, 1.165) is 20.2 Å². The summed E-state index contributed by atoms with van der Waals surface area (Å²) in [5, 5.41) is 12.8. The lowest BCUT2D eigenvalue weighted by Crippen LogP contribution is -1.99. The second kappa shape index (κ2) is 8.56. The third kappa shape index (κ3) is 4.98. The van der Waals surface area contributed by atoms with Crippen molar-refractivity contribution in [3.63, 3.8) is 0 Å². The monoisotopic (exact) mass is 437 g/mol. The van der Waals surface area contributed by atoms with Crippen molar-refractivity contribution in [2.24, 2.45) is 5.10 Å². The topological polar surface area (TPSA) is 66.6 Å². The van der Waals surface area contributed by atoms with E-state index in [1.54, 1.807) is 25.5 Å². The van der Waals surface area contributed by atoms with Crippen molar-refractivity contribution in [3.8, 4) is 17.6 Å². The smallest absolute Gasteiger partial charge is 0.174 e. The first-order valence-corrected chi connectivity index (χ1v) is 8.14. The summed E-state index contributed by atoms with van der Waals surface area (Å²) in [5.41, 5.74) is 4.64. The Morgan fingerprint density at radius 1 is 1.22 bits per heavy atom. The number of nitrogens with zero attached hydrogens (tertiary/aromatic N) is 2. The molecule has 1 N–H and O–H groups in total. The van der Waals surface area contributed by atoms with Crippen LogP contribution < -0.4 is 14.9 Å². The van der Waals surface area contributed by atoms with Crippen LogP contribution in [0.3, 0.4) is 0 Å². The van der Waals surface area contributed by atoms with Gasteiger partial charge in [0.15, 0.2) is 18.1 Å². The fraction of sp³-hybridized carbons (Fsp3) is 0.125. The highest BCUT2D eigenvalue weighted by Crippen LogP contribution is 2.32. The Morgan fingerprint density at radius 2 is 1.96 bits per heavy atom. The van der Waals surface area contributed by atoms with Gasteiger partial charge in [0.1, 0.15) is 6.07 Å². The zero-order valence-corrected chi connectivity index (χ0v) is 15.4. The molecular formula is C16H13Br2N3O2. The van der Waals surface area contributed by atoms with Crippen LogP contribution in [-0.2, 0) is 0 Å². The van der Waals surface area contributed by atoms with E-state index in [1.165, 1.54) is 0 Å². The summed E-state index contributed by atoms with van der Waals surface area (Å²) < 4.78 is 12.4. The van der Waals surface area contributed by atoms with Gasteiger partial charge in [-0.05, 0) is 52.3 Å². The molecule has 0 spiro atoms. The van der Waals surface area contributed by atoms with Gasteiger partial charge in [0, 0.05) is 14.5 Å². The second-order valence-corrected chi connectivity index (χ2v) is 6.12. The standard InChI is InChI=1S/C16H13Br2N3O2/c1-22-15-8-11(14(18)9-16(15)23-7-6-19)10-20-21-13-4-2-12(17)3-5-13/h2-5,8-10,21H,7H2,1H3. The molecule has 2 rings (SSSR count). The minimum absolute atomic E-state index is 0.0403. The molecular weight excluding hydrogens is 426 g/mol. The quantitative estimate of drug-likeness (QED) is 0.529. The molecule has 0 fully saturated rings. The number of anilines is 1. The number of rotatable bonds is 6. The molecule has 0 aromatic heterocycles. The second-order valence-electron chi connectivity index (χ2n) is 4.35. The molecule has 0 aliphatic rings. The molecule has 5 nitrogen and oxygen atoms in total. The first kappa shape index (κ1) is 17.3. The van der Waals surface area contributed by atoms with Crippen molar-refractivity contribution in [2.75, 3.05) is 19.1 Å². The maximum absolute atomic E-state index is 8.60. The highest BCUT2D eigenvalue weighted by Gasteiger charge is 2.09. The molecule has 0 saturated carbocycles. The van der Waals surface area contributed by atoms with E-state index >= 15 is 0 Å². The first-order valence-electron chi connectivity index (χ1n) is 6.56. The molecule has 0 heterocycles. The Balaban J connectivity index is 2.14. The van der Waals surface area contributed by atoms with E-state index in [2.05, 4.69) is 42.4 Å². The van der Waals surface area contributed by atoms with Crippen LogP contribution in [0.5, 0.6) is 11.5 Å². The Labute approximate surface area is 151 Å². The van der Waals surface area contributed by atoms with Gasteiger partial charge < -0.3 is 9.47 Å². The van der Waals surface area contributed by atoms with Crippen molar-refractivity contribution in [1.82, 2.24) is 0 Å². The molecule has 0 atom stereocenters. The number of nitrogens with one attached hydrogen (secondary N) is 1. The number of ether oxygens (including phenoxy) is 2. The summed E-state index contributed by atoms with van der Waals surface area (Å²) in [6, 6.07) is 13.1. The number of hydrogen-bond donors (Lipinski definition) is 1. The SMILES string of the molecule is COc1cc(C=NNc2ccc(Br)cc2)c(Br)cc1OCC#N. The zero-order chi connectivity index (χ0) is 16.7. The van der Waals surface area contributed by atoms with Crippen LogP contribution in [-0.4, -0.2) is 19.9 Å². The lowest BCUT2D eigenvalue weighted by molar-refractivity contribution is 0.329. The van der Waals surface area contributed by atoms with Crippen LogP contribution in [0.4, 0.5) is 5.69 Å². The van der Waals surface area contributed by atoms with E-state index in [4.69, 9.17) is 14.7 Å². The molecule has 0 aliphatic heterocycles. The Kier molecular flexibility index (Phi) is 6.44. The molecule has 0 radical (unpaired) electrons. The van der Waals surface area contributed by atoms with E-state index in [1.807, 2.05) is 30.3 Å². The van der Waals surface area contributed by atoms with E-state index in [9.17, 15) is 0 Å². The maximum Gasteiger partial charge on any atom is 0.174 e. The van der Waals surface area contributed by atoms with Gasteiger partial charge in [0.05, 0.1) is 19.0 Å². The Bertz CT molecular complexity index is 740. The van der Waals surface area contributed by atoms with Crippen LogP contribution in [0.15, 0.2) is 50.4 Å². The molecule has 118 valence electrons. The molecule has 0 amide bonds. The van der Waals surface area contributed by atoms with Crippen molar-refractivity contribution < 1.29 is 9.47 Å².